The Bertz CT molecular complexity index is 767. The Morgan fingerprint density at radius 2 is 1.90 bits per heavy atom. The van der Waals surface area contributed by atoms with E-state index >= 15 is 0 Å². The van der Waals surface area contributed by atoms with Crippen LogP contribution in [0.4, 0.5) is 5.82 Å². The van der Waals surface area contributed by atoms with E-state index in [1.165, 1.54) is 12.8 Å². The quantitative estimate of drug-likeness (QED) is 0.353. The van der Waals surface area contributed by atoms with Gasteiger partial charge in [0.2, 0.25) is 0 Å². The largest absolute Gasteiger partial charge is 0.364 e. The van der Waals surface area contributed by atoms with Gasteiger partial charge in [-0.05, 0) is 31.4 Å². The molecule has 0 radical (unpaired) electrons. The summed E-state index contributed by atoms with van der Waals surface area (Å²) in [7, 11) is 0. The van der Waals surface area contributed by atoms with E-state index in [9.17, 15) is 0 Å². The number of piperazine rings is 1. The van der Waals surface area contributed by atoms with Crippen LogP contribution in [-0.4, -0.2) is 71.7 Å². The molecule has 2 fully saturated rings. The van der Waals surface area contributed by atoms with E-state index in [4.69, 9.17) is 9.52 Å². The molecule has 0 saturated carbocycles. The minimum absolute atomic E-state index is 0. The number of aliphatic imine (C=N–C) groups is 1. The van der Waals surface area contributed by atoms with Gasteiger partial charge >= 0.3 is 0 Å². The Morgan fingerprint density at radius 1 is 1.10 bits per heavy atom. The molecule has 2 aliphatic rings. The molecule has 0 aromatic carbocycles. The Balaban J connectivity index is 0.00000256. The van der Waals surface area contributed by atoms with E-state index in [-0.39, 0.29) is 24.0 Å². The van der Waals surface area contributed by atoms with Crippen LogP contribution in [0, 0.1) is 0 Å². The second-order valence-electron chi connectivity index (χ2n) is 7.64. The normalized spacial score (nSPS) is 17.8. The van der Waals surface area contributed by atoms with Crippen LogP contribution in [0.15, 0.2) is 40.2 Å². The van der Waals surface area contributed by atoms with Gasteiger partial charge in [0, 0.05) is 64.6 Å². The molecular weight excluding hydrogens is 493 g/mol. The van der Waals surface area contributed by atoms with Gasteiger partial charge in [-0.2, -0.15) is 0 Å². The van der Waals surface area contributed by atoms with Crippen molar-refractivity contribution in [1.82, 2.24) is 25.3 Å². The van der Waals surface area contributed by atoms with Crippen molar-refractivity contribution >= 4 is 35.8 Å². The van der Waals surface area contributed by atoms with Crippen molar-refractivity contribution in [3.8, 4) is 0 Å². The fourth-order valence-electron chi connectivity index (χ4n) is 3.90. The van der Waals surface area contributed by atoms with Crippen LogP contribution >= 0.6 is 24.0 Å². The molecule has 4 rings (SSSR count). The van der Waals surface area contributed by atoms with Gasteiger partial charge < -0.3 is 19.6 Å². The molecule has 2 aromatic heterocycles. The molecule has 30 heavy (non-hydrogen) atoms. The minimum atomic E-state index is 0. The summed E-state index contributed by atoms with van der Waals surface area (Å²) >= 11 is 0. The van der Waals surface area contributed by atoms with Gasteiger partial charge in [0.1, 0.15) is 12.1 Å². The molecule has 0 aliphatic carbocycles. The summed E-state index contributed by atoms with van der Waals surface area (Å²) in [6.07, 6.45) is 6.14. The molecule has 0 spiro atoms. The number of pyridine rings is 1. The fourth-order valence-corrected chi connectivity index (χ4v) is 3.90. The predicted molar refractivity (Wildman–Crippen MR) is 129 cm³/mol. The van der Waals surface area contributed by atoms with Gasteiger partial charge in [-0.1, -0.05) is 11.2 Å². The second kappa shape index (κ2) is 11.5. The van der Waals surface area contributed by atoms with Gasteiger partial charge in [-0.15, -0.1) is 24.0 Å². The monoisotopic (exact) mass is 525 g/mol. The Hall–Kier alpha value is -1.88. The standard InChI is InChI=1S/C21H31N7O.HI/c1-2-22-21(28-12-10-26(11-13-28)17-19-7-14-29-25-19)24-16-18-5-6-20(23-15-18)27-8-3-4-9-27;/h5-7,14-15H,2-4,8-13,16-17H2,1H3,(H,22,24);1H. The van der Waals surface area contributed by atoms with Crippen molar-refractivity contribution < 1.29 is 4.52 Å². The zero-order valence-electron chi connectivity index (χ0n) is 17.7. The van der Waals surface area contributed by atoms with Crippen LogP contribution < -0.4 is 10.2 Å². The molecule has 9 heteroatoms. The average Bonchev–Trinajstić information content (AvgIpc) is 3.47. The third-order valence-corrected chi connectivity index (χ3v) is 5.53. The summed E-state index contributed by atoms with van der Waals surface area (Å²) < 4.78 is 4.93. The maximum Gasteiger partial charge on any atom is 0.194 e. The van der Waals surface area contributed by atoms with Gasteiger partial charge in [0.25, 0.3) is 0 Å². The molecule has 0 bridgehead atoms. The van der Waals surface area contributed by atoms with Crippen LogP contribution in [0.3, 0.4) is 0 Å². The summed E-state index contributed by atoms with van der Waals surface area (Å²) in [6, 6.07) is 6.22. The maximum absolute atomic E-state index is 4.93. The summed E-state index contributed by atoms with van der Waals surface area (Å²) in [5.74, 6) is 2.07. The zero-order valence-corrected chi connectivity index (χ0v) is 20.0. The number of guanidine groups is 1. The van der Waals surface area contributed by atoms with E-state index in [2.05, 4.69) is 49.2 Å². The van der Waals surface area contributed by atoms with Crippen molar-refractivity contribution in [2.75, 3.05) is 50.7 Å². The van der Waals surface area contributed by atoms with E-state index in [0.717, 1.165) is 75.4 Å². The van der Waals surface area contributed by atoms with E-state index in [1.54, 1.807) is 6.26 Å². The van der Waals surface area contributed by atoms with Crippen molar-refractivity contribution in [2.24, 2.45) is 4.99 Å². The number of nitrogens with zero attached hydrogens (tertiary/aromatic N) is 6. The van der Waals surface area contributed by atoms with E-state index in [0.29, 0.717) is 6.54 Å². The summed E-state index contributed by atoms with van der Waals surface area (Å²) in [4.78, 5) is 16.6. The first-order chi connectivity index (χ1) is 14.3. The number of anilines is 1. The third kappa shape index (κ3) is 6.07. The second-order valence-corrected chi connectivity index (χ2v) is 7.64. The molecule has 164 valence electrons. The summed E-state index contributed by atoms with van der Waals surface area (Å²) in [6.45, 7) is 10.6. The summed E-state index contributed by atoms with van der Waals surface area (Å²) in [5, 5.41) is 7.45. The number of hydrogen-bond donors (Lipinski definition) is 1. The zero-order chi connectivity index (χ0) is 19.9. The number of hydrogen-bond acceptors (Lipinski definition) is 6. The SMILES string of the molecule is CCNC(=NCc1ccc(N2CCCC2)nc1)N1CCN(Cc2ccon2)CC1.I. The number of rotatable bonds is 6. The lowest BCUT2D eigenvalue weighted by atomic mass is 10.2. The fraction of sp³-hybridized carbons (Fsp3) is 0.571. The molecule has 8 nitrogen and oxygen atoms in total. The highest BCUT2D eigenvalue weighted by atomic mass is 127. The van der Waals surface area contributed by atoms with Crippen molar-refractivity contribution in [1.29, 1.82) is 0 Å². The topological polar surface area (TPSA) is 73.0 Å². The Labute approximate surface area is 195 Å². The maximum atomic E-state index is 4.93. The van der Waals surface area contributed by atoms with Gasteiger partial charge in [-0.3, -0.25) is 4.90 Å². The molecule has 4 heterocycles. The van der Waals surface area contributed by atoms with E-state index < -0.39 is 0 Å². The molecule has 2 aliphatic heterocycles. The highest BCUT2D eigenvalue weighted by molar-refractivity contribution is 14.0. The van der Waals surface area contributed by atoms with Gasteiger partial charge in [0.05, 0.1) is 12.2 Å². The van der Waals surface area contributed by atoms with Gasteiger partial charge in [-0.25, -0.2) is 9.98 Å². The average molecular weight is 525 g/mol. The van der Waals surface area contributed by atoms with Gasteiger partial charge in [0.15, 0.2) is 5.96 Å². The first kappa shape index (κ1) is 22.8. The lowest BCUT2D eigenvalue weighted by Crippen LogP contribution is -2.52. The molecule has 0 amide bonds. The first-order valence-corrected chi connectivity index (χ1v) is 10.7. The molecule has 0 unspecified atom stereocenters. The van der Waals surface area contributed by atoms with Crippen LogP contribution in [-0.2, 0) is 13.1 Å². The molecular formula is C21H32IN7O. The minimum Gasteiger partial charge on any atom is -0.364 e. The molecule has 2 aromatic rings. The van der Waals surface area contributed by atoms with Crippen LogP contribution in [0.2, 0.25) is 0 Å². The highest BCUT2D eigenvalue weighted by Crippen LogP contribution is 2.18. The molecule has 2 saturated heterocycles. The van der Waals surface area contributed by atoms with Crippen LogP contribution in [0.1, 0.15) is 31.0 Å². The Kier molecular flexibility index (Phi) is 8.74. The number of nitrogens with one attached hydrogen (secondary N) is 1. The van der Waals surface area contributed by atoms with E-state index in [1.807, 2.05) is 12.3 Å². The molecule has 1 N–H and O–H groups in total. The predicted octanol–water partition coefficient (Wildman–Crippen LogP) is 2.57. The first-order valence-electron chi connectivity index (χ1n) is 10.7. The third-order valence-electron chi connectivity index (χ3n) is 5.53. The number of halogens is 1. The van der Waals surface area contributed by atoms with Crippen LogP contribution in [0.5, 0.6) is 0 Å². The van der Waals surface area contributed by atoms with Crippen molar-refractivity contribution in [3.05, 3.63) is 41.9 Å². The highest BCUT2D eigenvalue weighted by Gasteiger charge is 2.20. The van der Waals surface area contributed by atoms with Crippen LogP contribution in [0.25, 0.3) is 0 Å². The lowest BCUT2D eigenvalue weighted by Gasteiger charge is -2.36. The Morgan fingerprint density at radius 3 is 2.53 bits per heavy atom. The van der Waals surface area contributed by atoms with Crippen molar-refractivity contribution in [3.63, 3.8) is 0 Å². The number of aromatic nitrogens is 2. The lowest BCUT2D eigenvalue weighted by molar-refractivity contribution is 0.169. The molecule has 0 atom stereocenters. The summed E-state index contributed by atoms with van der Waals surface area (Å²) in [5.41, 5.74) is 2.14. The smallest absolute Gasteiger partial charge is 0.194 e. The van der Waals surface area contributed by atoms with Crippen molar-refractivity contribution in [2.45, 2.75) is 32.9 Å².